The van der Waals surface area contributed by atoms with Gasteiger partial charge in [-0.2, -0.15) is 0 Å². The molecule has 0 aliphatic heterocycles. The molecular formula is C34H18F2N4O. The Morgan fingerprint density at radius 3 is 2.05 bits per heavy atom. The van der Waals surface area contributed by atoms with Crippen LogP contribution in [0.5, 0.6) is 0 Å². The van der Waals surface area contributed by atoms with E-state index in [1.165, 1.54) is 18.2 Å². The average molecular weight is 537 g/mol. The first-order valence-electron chi connectivity index (χ1n) is 13.2. The number of para-hydroxylation sites is 2. The molecule has 0 atom stereocenters. The van der Waals surface area contributed by atoms with Crippen molar-refractivity contribution < 1.29 is 13.2 Å². The van der Waals surface area contributed by atoms with Gasteiger partial charge in [0.1, 0.15) is 22.7 Å². The highest BCUT2D eigenvalue weighted by Crippen LogP contribution is 2.42. The molecule has 0 bridgehead atoms. The second-order valence-corrected chi connectivity index (χ2v) is 10.1. The van der Waals surface area contributed by atoms with Crippen molar-refractivity contribution in [3.63, 3.8) is 0 Å². The number of hydrogen-bond acceptors (Lipinski definition) is 3. The van der Waals surface area contributed by atoms with E-state index in [9.17, 15) is 4.39 Å². The van der Waals surface area contributed by atoms with Crippen LogP contribution in [0.2, 0.25) is 0 Å². The third kappa shape index (κ3) is 2.97. The lowest BCUT2D eigenvalue weighted by molar-refractivity contribution is 0.628. The van der Waals surface area contributed by atoms with Gasteiger partial charge >= 0.3 is 0 Å². The van der Waals surface area contributed by atoms with Crippen molar-refractivity contribution >= 4 is 65.8 Å². The summed E-state index contributed by atoms with van der Waals surface area (Å²) in [6.07, 6.45) is 3.42. The number of rotatable bonds is 2. The standard InChI is InChI=1S/C34H18F2N4O/c35-19-11-12-27-23(16-19)24-17-20(36)18-29(39-25-8-3-1-6-21(25)22-7-2-4-9-26(22)39)33(24)40(27)28-13-15-38-32-31-30(41-34(28)32)10-5-14-37-31/h1-18H. The van der Waals surface area contributed by atoms with E-state index in [2.05, 4.69) is 26.7 Å². The monoisotopic (exact) mass is 536 g/mol. The number of pyridine rings is 2. The van der Waals surface area contributed by atoms with E-state index in [0.717, 1.165) is 32.8 Å². The zero-order chi connectivity index (χ0) is 27.2. The van der Waals surface area contributed by atoms with Crippen LogP contribution < -0.4 is 0 Å². The Morgan fingerprint density at radius 1 is 0.537 bits per heavy atom. The highest BCUT2D eigenvalue weighted by Gasteiger charge is 2.24. The van der Waals surface area contributed by atoms with E-state index >= 15 is 4.39 Å². The number of benzene rings is 4. The largest absolute Gasteiger partial charge is 0.450 e. The van der Waals surface area contributed by atoms with Crippen molar-refractivity contribution in [3.8, 4) is 11.4 Å². The number of fused-ring (bicyclic) bond motifs is 9. The van der Waals surface area contributed by atoms with Gasteiger partial charge in [-0.3, -0.25) is 9.97 Å². The summed E-state index contributed by atoms with van der Waals surface area (Å²) in [4.78, 5) is 9.08. The molecule has 4 aromatic carbocycles. The zero-order valence-electron chi connectivity index (χ0n) is 21.3. The number of aromatic nitrogens is 4. The lowest BCUT2D eigenvalue weighted by Crippen LogP contribution is -2.02. The summed E-state index contributed by atoms with van der Waals surface area (Å²) in [6.45, 7) is 0. The van der Waals surface area contributed by atoms with Crippen molar-refractivity contribution in [2.75, 3.05) is 0 Å². The molecule has 0 N–H and O–H groups in total. The van der Waals surface area contributed by atoms with Gasteiger partial charge in [-0.25, -0.2) is 8.78 Å². The van der Waals surface area contributed by atoms with Gasteiger partial charge in [-0.1, -0.05) is 36.4 Å². The van der Waals surface area contributed by atoms with Gasteiger partial charge in [0.2, 0.25) is 0 Å². The van der Waals surface area contributed by atoms with Gasteiger partial charge in [-0.15, -0.1) is 0 Å². The van der Waals surface area contributed by atoms with Crippen LogP contribution >= 0.6 is 0 Å². The minimum atomic E-state index is -0.412. The van der Waals surface area contributed by atoms with Gasteiger partial charge < -0.3 is 13.6 Å². The molecule has 7 heteroatoms. The van der Waals surface area contributed by atoms with E-state index in [-0.39, 0.29) is 0 Å². The van der Waals surface area contributed by atoms with Gasteiger partial charge in [0, 0.05) is 40.0 Å². The summed E-state index contributed by atoms with van der Waals surface area (Å²) in [5.74, 6) is -0.808. The van der Waals surface area contributed by atoms with Crippen LogP contribution in [0.1, 0.15) is 0 Å². The van der Waals surface area contributed by atoms with Gasteiger partial charge in [-0.05, 0) is 54.6 Å². The molecule has 0 saturated carbocycles. The SMILES string of the molecule is Fc1ccc2c(c1)c1cc(F)cc(-n3c4ccccc4c4ccccc43)c1n2-c1ccnc2c1oc1cccnc12. The number of halogens is 2. The summed E-state index contributed by atoms with van der Waals surface area (Å²) >= 11 is 0. The molecule has 0 radical (unpaired) electrons. The van der Waals surface area contributed by atoms with Crippen LogP contribution in [0.15, 0.2) is 114 Å². The molecule has 0 spiro atoms. The molecule has 0 amide bonds. The quantitative estimate of drug-likeness (QED) is 0.222. The molecule has 0 aliphatic rings. The summed E-state index contributed by atoms with van der Waals surface area (Å²) < 4.78 is 40.7. The average Bonchev–Trinajstić information content (AvgIpc) is 3.65. The van der Waals surface area contributed by atoms with Crippen molar-refractivity contribution in [2.24, 2.45) is 0 Å². The smallest absolute Gasteiger partial charge is 0.179 e. The lowest BCUT2D eigenvalue weighted by atomic mass is 10.1. The molecule has 0 saturated heterocycles. The highest BCUT2D eigenvalue weighted by molar-refractivity contribution is 6.16. The minimum absolute atomic E-state index is 0.396. The van der Waals surface area contributed by atoms with Gasteiger partial charge in [0.05, 0.1) is 33.4 Å². The summed E-state index contributed by atoms with van der Waals surface area (Å²) in [5, 5.41) is 3.31. The maximum absolute atomic E-state index is 15.6. The molecule has 9 rings (SSSR count). The Balaban J connectivity index is 1.53. The van der Waals surface area contributed by atoms with E-state index < -0.39 is 11.6 Å². The molecule has 5 aromatic heterocycles. The van der Waals surface area contributed by atoms with Crippen LogP contribution in [0, 0.1) is 11.6 Å². The lowest BCUT2D eigenvalue weighted by Gasteiger charge is -2.14. The minimum Gasteiger partial charge on any atom is -0.450 e. The predicted octanol–water partition coefficient (Wildman–Crippen LogP) is 8.85. The Labute approximate surface area is 230 Å². The van der Waals surface area contributed by atoms with Crippen LogP contribution in [0.3, 0.4) is 0 Å². The topological polar surface area (TPSA) is 48.8 Å². The summed E-state index contributed by atoms with van der Waals surface area (Å²) in [6, 6.07) is 29.4. The van der Waals surface area contributed by atoms with E-state index in [4.69, 9.17) is 4.42 Å². The van der Waals surface area contributed by atoms with Crippen molar-refractivity contribution in [3.05, 3.63) is 121 Å². The fraction of sp³-hybridized carbons (Fsp3) is 0. The number of nitrogens with zero attached hydrogens (tertiary/aromatic N) is 4. The van der Waals surface area contributed by atoms with Crippen molar-refractivity contribution in [2.45, 2.75) is 0 Å². The van der Waals surface area contributed by atoms with E-state index in [0.29, 0.717) is 44.3 Å². The highest BCUT2D eigenvalue weighted by atomic mass is 19.1. The maximum Gasteiger partial charge on any atom is 0.179 e. The molecule has 0 unspecified atom stereocenters. The molecule has 0 aliphatic carbocycles. The Kier molecular flexibility index (Phi) is 4.34. The summed E-state index contributed by atoms with van der Waals surface area (Å²) in [7, 11) is 0. The first-order valence-corrected chi connectivity index (χ1v) is 13.2. The normalized spacial score (nSPS) is 12.1. The first-order chi connectivity index (χ1) is 20.2. The molecule has 5 nitrogen and oxygen atoms in total. The Bertz CT molecular complexity index is 2470. The number of hydrogen-bond donors (Lipinski definition) is 0. The number of furan rings is 1. The molecule has 5 heterocycles. The second-order valence-electron chi connectivity index (χ2n) is 10.1. The third-order valence-corrected chi connectivity index (χ3v) is 7.92. The van der Waals surface area contributed by atoms with E-state index in [1.807, 2.05) is 59.2 Å². The first kappa shape index (κ1) is 22.3. The molecular weight excluding hydrogens is 518 g/mol. The Hall–Kier alpha value is -5.56. The van der Waals surface area contributed by atoms with Gasteiger partial charge in [0.25, 0.3) is 0 Å². The third-order valence-electron chi connectivity index (χ3n) is 7.92. The van der Waals surface area contributed by atoms with Crippen LogP contribution in [0.25, 0.3) is 77.2 Å². The predicted molar refractivity (Wildman–Crippen MR) is 158 cm³/mol. The molecule has 194 valence electrons. The molecule has 41 heavy (non-hydrogen) atoms. The molecule has 0 fully saturated rings. The van der Waals surface area contributed by atoms with Gasteiger partial charge in [0.15, 0.2) is 11.2 Å². The van der Waals surface area contributed by atoms with Crippen LogP contribution in [-0.4, -0.2) is 19.1 Å². The fourth-order valence-corrected chi connectivity index (χ4v) is 6.31. The van der Waals surface area contributed by atoms with Crippen LogP contribution in [-0.2, 0) is 0 Å². The molecule has 9 aromatic rings. The fourth-order valence-electron chi connectivity index (χ4n) is 6.31. The zero-order valence-corrected chi connectivity index (χ0v) is 21.3. The second kappa shape index (κ2) is 7.99. The van der Waals surface area contributed by atoms with Crippen molar-refractivity contribution in [1.29, 1.82) is 0 Å². The van der Waals surface area contributed by atoms with E-state index in [1.54, 1.807) is 24.5 Å². The van der Waals surface area contributed by atoms with Crippen LogP contribution in [0.4, 0.5) is 8.78 Å². The maximum atomic E-state index is 15.6. The van der Waals surface area contributed by atoms with Crippen molar-refractivity contribution in [1.82, 2.24) is 19.1 Å². The Morgan fingerprint density at radius 2 is 1.24 bits per heavy atom. The summed E-state index contributed by atoms with van der Waals surface area (Å²) in [5.41, 5.74) is 7.09.